The number of aromatic nitrogens is 1. The molecule has 0 atom stereocenters. The molecule has 2 nitrogen and oxygen atoms in total. The molecule has 0 unspecified atom stereocenters. The molecule has 0 radical (unpaired) electrons. The zero-order chi connectivity index (χ0) is 10.6. The number of alkyl halides is 2. The van der Waals surface area contributed by atoms with E-state index in [1.807, 2.05) is 0 Å². The quantitative estimate of drug-likeness (QED) is 0.789. The Morgan fingerprint density at radius 2 is 2.29 bits per heavy atom. The molecule has 0 aliphatic heterocycles. The topological polar surface area (TPSA) is 24.9 Å². The largest absolute Gasteiger partial charge is 0.385 e. The number of hydrogen-bond acceptors (Lipinski definition) is 2. The monoisotopic (exact) mass is 220 g/mol. The fourth-order valence-electron chi connectivity index (χ4n) is 0.939. The summed E-state index contributed by atoms with van der Waals surface area (Å²) in [5, 5.41) is 3.18. The lowest BCUT2D eigenvalue weighted by molar-refractivity contribution is 0.0167. The Hall–Kier alpha value is -0.900. The first-order chi connectivity index (χ1) is 6.47. The smallest absolute Gasteiger partial charge is 0.247 e. The summed E-state index contributed by atoms with van der Waals surface area (Å²) in [6.07, 6.45) is 1.32. The second-order valence-electron chi connectivity index (χ2n) is 3.11. The maximum atomic E-state index is 12.4. The van der Waals surface area contributed by atoms with E-state index < -0.39 is 5.92 Å². The Morgan fingerprint density at radius 1 is 1.57 bits per heavy atom. The van der Waals surface area contributed by atoms with Crippen molar-refractivity contribution >= 4 is 17.3 Å². The first-order valence-corrected chi connectivity index (χ1v) is 4.58. The molecule has 0 spiro atoms. The summed E-state index contributed by atoms with van der Waals surface area (Å²) in [6.45, 7) is 1.11. The number of nitrogens with one attached hydrogen (secondary N) is 1. The van der Waals surface area contributed by atoms with Gasteiger partial charge in [0.2, 0.25) is 5.92 Å². The summed E-state index contributed by atoms with van der Waals surface area (Å²) in [5.41, 5.74) is 0.703. The molecule has 0 fully saturated rings. The second-order valence-corrected chi connectivity index (χ2v) is 3.50. The normalized spacial score (nSPS) is 11.4. The van der Waals surface area contributed by atoms with Crippen LogP contribution in [0.25, 0.3) is 0 Å². The number of anilines is 1. The fraction of sp³-hybridized carbons (Fsp3) is 0.444. The molecule has 5 heteroatoms. The third kappa shape index (κ3) is 4.37. The van der Waals surface area contributed by atoms with Crippen molar-refractivity contribution < 1.29 is 8.78 Å². The van der Waals surface area contributed by atoms with Crippen molar-refractivity contribution in [3.05, 3.63) is 23.5 Å². The van der Waals surface area contributed by atoms with Crippen molar-refractivity contribution in [3.63, 3.8) is 0 Å². The number of halogens is 3. The van der Waals surface area contributed by atoms with E-state index in [2.05, 4.69) is 10.3 Å². The van der Waals surface area contributed by atoms with Crippen molar-refractivity contribution in [1.29, 1.82) is 0 Å². The van der Waals surface area contributed by atoms with Gasteiger partial charge in [-0.05, 0) is 19.1 Å². The van der Waals surface area contributed by atoms with Gasteiger partial charge < -0.3 is 5.32 Å². The minimum Gasteiger partial charge on any atom is -0.385 e. The molecular weight excluding hydrogens is 210 g/mol. The molecule has 1 aromatic heterocycles. The number of hydrogen-bond donors (Lipinski definition) is 1. The molecular formula is C9H11ClF2N2. The Bertz CT molecular complexity index is 299. The Balaban J connectivity index is 2.39. The summed E-state index contributed by atoms with van der Waals surface area (Å²) in [5.74, 6) is -2.64. The van der Waals surface area contributed by atoms with Gasteiger partial charge in [-0.25, -0.2) is 13.8 Å². The van der Waals surface area contributed by atoms with Crippen LogP contribution >= 0.6 is 11.6 Å². The lowest BCUT2D eigenvalue weighted by atomic mass is 10.2. The van der Waals surface area contributed by atoms with Crippen LogP contribution in [0.3, 0.4) is 0 Å². The van der Waals surface area contributed by atoms with Crippen LogP contribution in [0.5, 0.6) is 0 Å². The minimum absolute atomic E-state index is 0.201. The summed E-state index contributed by atoms with van der Waals surface area (Å²) in [4.78, 5) is 3.77. The van der Waals surface area contributed by atoms with Crippen molar-refractivity contribution in [3.8, 4) is 0 Å². The van der Waals surface area contributed by atoms with E-state index in [4.69, 9.17) is 11.6 Å². The Morgan fingerprint density at radius 3 is 2.86 bits per heavy atom. The van der Waals surface area contributed by atoms with Crippen LogP contribution in [0.4, 0.5) is 14.5 Å². The molecule has 1 rings (SSSR count). The lowest BCUT2D eigenvalue weighted by Gasteiger charge is -2.11. The first-order valence-electron chi connectivity index (χ1n) is 4.21. The average molecular weight is 221 g/mol. The molecule has 1 aromatic rings. The van der Waals surface area contributed by atoms with Crippen molar-refractivity contribution in [2.24, 2.45) is 0 Å². The molecule has 0 amide bonds. The highest BCUT2D eigenvalue weighted by Crippen LogP contribution is 2.17. The molecule has 0 aromatic carbocycles. The summed E-state index contributed by atoms with van der Waals surface area (Å²) < 4.78 is 24.9. The van der Waals surface area contributed by atoms with Crippen molar-refractivity contribution in [2.75, 3.05) is 11.9 Å². The summed E-state index contributed by atoms with van der Waals surface area (Å²) in [7, 11) is 0. The van der Waals surface area contributed by atoms with Crippen LogP contribution in [0.15, 0.2) is 18.3 Å². The number of rotatable bonds is 4. The van der Waals surface area contributed by atoms with Gasteiger partial charge in [0, 0.05) is 24.8 Å². The third-order valence-electron chi connectivity index (χ3n) is 1.62. The molecule has 0 saturated carbocycles. The zero-order valence-corrected chi connectivity index (χ0v) is 8.48. The lowest BCUT2D eigenvalue weighted by Crippen LogP contribution is -2.16. The molecule has 78 valence electrons. The van der Waals surface area contributed by atoms with Gasteiger partial charge in [-0.15, -0.1) is 0 Å². The predicted octanol–water partition coefficient (Wildman–Crippen LogP) is 3.19. The molecule has 14 heavy (non-hydrogen) atoms. The van der Waals surface area contributed by atoms with E-state index >= 15 is 0 Å². The molecule has 0 aliphatic carbocycles. The Labute approximate surface area is 86.3 Å². The summed E-state index contributed by atoms with van der Waals surface area (Å²) in [6, 6.07) is 3.27. The minimum atomic E-state index is -2.64. The first kappa shape index (κ1) is 11.2. The van der Waals surface area contributed by atoms with E-state index in [0.717, 1.165) is 6.92 Å². The second kappa shape index (κ2) is 4.55. The predicted molar refractivity (Wildman–Crippen MR) is 53.0 cm³/mol. The fourth-order valence-corrected chi connectivity index (χ4v) is 1.11. The van der Waals surface area contributed by atoms with Gasteiger partial charge in [0.25, 0.3) is 0 Å². The maximum Gasteiger partial charge on any atom is 0.247 e. The molecule has 1 N–H and O–H groups in total. The summed E-state index contributed by atoms with van der Waals surface area (Å²) >= 11 is 5.61. The standard InChI is InChI=1S/C9H11ClF2N2/c1-9(11,12)3-5-13-7-2-4-14-8(10)6-7/h2,4,6H,3,5H2,1H3,(H,13,14). The highest BCUT2D eigenvalue weighted by Gasteiger charge is 2.19. The number of nitrogens with zero attached hydrogens (tertiary/aromatic N) is 1. The van der Waals surface area contributed by atoms with E-state index in [9.17, 15) is 8.78 Å². The van der Waals surface area contributed by atoms with Gasteiger partial charge in [-0.3, -0.25) is 0 Å². The SMILES string of the molecule is CC(F)(F)CCNc1ccnc(Cl)c1. The van der Waals surface area contributed by atoms with Crippen LogP contribution < -0.4 is 5.32 Å². The van der Waals surface area contributed by atoms with Crippen LogP contribution in [0.2, 0.25) is 5.15 Å². The third-order valence-corrected chi connectivity index (χ3v) is 1.83. The van der Waals surface area contributed by atoms with Crippen LogP contribution in [0.1, 0.15) is 13.3 Å². The number of pyridine rings is 1. The van der Waals surface area contributed by atoms with Crippen LogP contribution in [0, 0.1) is 0 Å². The van der Waals surface area contributed by atoms with Crippen LogP contribution in [-0.2, 0) is 0 Å². The van der Waals surface area contributed by atoms with Gasteiger partial charge in [0.05, 0.1) is 0 Å². The van der Waals surface area contributed by atoms with Gasteiger partial charge in [0.1, 0.15) is 5.15 Å². The van der Waals surface area contributed by atoms with E-state index in [-0.39, 0.29) is 13.0 Å². The van der Waals surface area contributed by atoms with E-state index in [1.165, 1.54) is 6.20 Å². The van der Waals surface area contributed by atoms with E-state index in [0.29, 0.717) is 10.8 Å². The highest BCUT2D eigenvalue weighted by atomic mass is 35.5. The maximum absolute atomic E-state index is 12.4. The van der Waals surface area contributed by atoms with Crippen molar-refractivity contribution in [1.82, 2.24) is 4.98 Å². The van der Waals surface area contributed by atoms with E-state index in [1.54, 1.807) is 12.1 Å². The highest BCUT2D eigenvalue weighted by molar-refractivity contribution is 6.29. The van der Waals surface area contributed by atoms with Crippen molar-refractivity contribution in [2.45, 2.75) is 19.3 Å². The zero-order valence-electron chi connectivity index (χ0n) is 7.73. The average Bonchev–Trinajstić information content (AvgIpc) is 2.01. The van der Waals surface area contributed by atoms with Crippen LogP contribution in [-0.4, -0.2) is 17.5 Å². The molecule has 0 aliphatic rings. The molecule has 1 heterocycles. The van der Waals surface area contributed by atoms with Gasteiger partial charge in [-0.1, -0.05) is 11.6 Å². The van der Waals surface area contributed by atoms with Gasteiger partial charge in [-0.2, -0.15) is 0 Å². The van der Waals surface area contributed by atoms with Gasteiger partial charge in [0.15, 0.2) is 0 Å². The Kier molecular flexibility index (Phi) is 3.63. The molecule has 0 saturated heterocycles. The van der Waals surface area contributed by atoms with Gasteiger partial charge >= 0.3 is 0 Å². The molecule has 0 bridgehead atoms.